The zero-order chi connectivity index (χ0) is 29.5. The summed E-state index contributed by atoms with van der Waals surface area (Å²) in [6.07, 6.45) is -0.874. The molecule has 5 rings (SSSR count). The average Bonchev–Trinajstić information content (AvgIpc) is 3.29. The largest absolute Gasteiger partial charge is 0.508 e. The zero-order valence-corrected chi connectivity index (χ0v) is 22.7. The molecule has 5 N–H and O–H groups in total. The summed E-state index contributed by atoms with van der Waals surface area (Å²) in [5.74, 6) is -1.42. The normalized spacial score (nSPS) is 17.4. The molecule has 1 saturated heterocycles. The number of carboxylic acids is 1. The summed E-state index contributed by atoms with van der Waals surface area (Å²) in [7, 11) is -4.26. The molecule has 0 spiro atoms. The Morgan fingerprint density at radius 3 is 2.54 bits per heavy atom. The Balaban J connectivity index is 1.53. The molecule has 2 atom stereocenters. The lowest BCUT2D eigenvalue weighted by molar-refractivity contribution is -0.132. The third-order valence-electron chi connectivity index (χ3n) is 7.39. The maximum absolute atomic E-state index is 13.1. The molecule has 3 aliphatic rings. The van der Waals surface area contributed by atoms with Crippen LogP contribution in [0.3, 0.4) is 0 Å². The number of aryl methyl sites for hydroxylation is 1. The molecule has 0 radical (unpaired) electrons. The predicted molar refractivity (Wildman–Crippen MR) is 149 cm³/mol. The summed E-state index contributed by atoms with van der Waals surface area (Å²) >= 11 is 0. The summed E-state index contributed by atoms with van der Waals surface area (Å²) in [6.45, 7) is 0.0526. The van der Waals surface area contributed by atoms with Crippen molar-refractivity contribution in [2.24, 2.45) is 0 Å². The summed E-state index contributed by atoms with van der Waals surface area (Å²) in [4.78, 5) is 57.1. The van der Waals surface area contributed by atoms with Crippen LogP contribution in [-0.2, 0) is 15.8 Å². The number of rotatable bonds is 8. The van der Waals surface area contributed by atoms with Gasteiger partial charge in [0.2, 0.25) is 5.91 Å². The third-order valence-corrected chi connectivity index (χ3v) is 8.23. The standard InChI is InChI=1S/C29H28NO10P/c31-18-6-7-22-25(13-18)40-26-14-24(33)16(11-23(26)28(22)20-3-1-2-4-21(20)29(35)36)5-8-27(34)30-15-19(32)12-17(30)9-10-41(37,38)39/h1-4,6-7,11,13-14,17,19,32-33H,5,8-10,12,15H2,(H,35,36)(H2,37,38,39). The molecule has 2 aliphatic heterocycles. The second-order valence-electron chi connectivity index (χ2n) is 10.2. The van der Waals surface area contributed by atoms with E-state index in [4.69, 9.17) is 4.42 Å². The molecule has 41 heavy (non-hydrogen) atoms. The van der Waals surface area contributed by atoms with E-state index in [-0.39, 0.29) is 66.2 Å². The van der Waals surface area contributed by atoms with E-state index in [1.54, 1.807) is 30.3 Å². The highest BCUT2D eigenvalue weighted by molar-refractivity contribution is 7.51. The van der Waals surface area contributed by atoms with Crippen LogP contribution in [-0.4, -0.2) is 66.7 Å². The quantitative estimate of drug-likeness (QED) is 0.152. The van der Waals surface area contributed by atoms with E-state index in [1.807, 2.05) is 0 Å². The van der Waals surface area contributed by atoms with E-state index in [0.29, 0.717) is 27.6 Å². The molecule has 2 aromatic carbocycles. The van der Waals surface area contributed by atoms with Gasteiger partial charge < -0.3 is 34.4 Å². The van der Waals surface area contributed by atoms with Crippen LogP contribution in [0.15, 0.2) is 63.8 Å². The highest BCUT2D eigenvalue weighted by atomic mass is 31.2. The average molecular weight is 582 g/mol. The lowest BCUT2D eigenvalue weighted by Crippen LogP contribution is -2.36. The first kappa shape index (κ1) is 28.5. The molecular formula is C29H28NO10P. The fraction of sp³-hybridized carbons (Fsp3) is 0.276. The molecule has 12 heteroatoms. The number of fused-ring (bicyclic) bond motifs is 2. The molecule has 0 saturated carbocycles. The molecule has 2 aromatic rings. The number of aromatic hydroxyl groups is 1. The number of amides is 1. The Morgan fingerprint density at radius 2 is 1.80 bits per heavy atom. The zero-order valence-electron chi connectivity index (χ0n) is 21.8. The van der Waals surface area contributed by atoms with Gasteiger partial charge in [-0.1, -0.05) is 18.2 Å². The smallest absolute Gasteiger partial charge is 0.336 e. The van der Waals surface area contributed by atoms with Gasteiger partial charge in [0.15, 0.2) is 5.43 Å². The number of aliphatic hydroxyl groups is 1. The van der Waals surface area contributed by atoms with Gasteiger partial charge in [-0.3, -0.25) is 14.2 Å². The Bertz CT molecular complexity index is 1720. The first-order chi connectivity index (χ1) is 19.4. The van der Waals surface area contributed by atoms with Crippen LogP contribution < -0.4 is 5.43 Å². The Labute approximate surface area is 233 Å². The van der Waals surface area contributed by atoms with E-state index in [0.717, 1.165) is 0 Å². The summed E-state index contributed by atoms with van der Waals surface area (Å²) in [5.41, 5.74) is 1.71. The van der Waals surface area contributed by atoms with Crippen molar-refractivity contribution >= 4 is 30.4 Å². The van der Waals surface area contributed by atoms with Crippen molar-refractivity contribution < 1.29 is 43.7 Å². The SMILES string of the molecule is O=C(O)c1ccccc1-c1c2ccc(=O)cc-2oc2cc(O)c(CCC(=O)N3CC(O)CC3CCP(=O)(O)O)cc12. The van der Waals surface area contributed by atoms with Gasteiger partial charge in [-0.25, -0.2) is 4.79 Å². The molecular weight excluding hydrogens is 553 g/mol. The topological polar surface area (TPSA) is 186 Å². The van der Waals surface area contributed by atoms with Crippen molar-refractivity contribution in [1.82, 2.24) is 4.90 Å². The number of nitrogens with zero attached hydrogens (tertiary/aromatic N) is 1. The minimum absolute atomic E-state index is 0.0336. The van der Waals surface area contributed by atoms with Crippen LogP contribution in [0, 0.1) is 0 Å². The van der Waals surface area contributed by atoms with E-state index in [1.165, 1.54) is 29.2 Å². The summed E-state index contributed by atoms with van der Waals surface area (Å²) in [6, 6.07) is 13.1. The molecule has 1 fully saturated rings. The second-order valence-corrected chi connectivity index (χ2v) is 12.0. The van der Waals surface area contributed by atoms with Gasteiger partial charge in [-0.15, -0.1) is 0 Å². The van der Waals surface area contributed by atoms with Gasteiger partial charge in [0.05, 0.1) is 17.8 Å². The number of aliphatic hydroxyl groups excluding tert-OH is 1. The highest BCUT2D eigenvalue weighted by Gasteiger charge is 2.35. The Kier molecular flexibility index (Phi) is 7.72. The maximum atomic E-state index is 13.1. The third kappa shape index (κ3) is 6.03. The molecule has 214 valence electrons. The number of likely N-dealkylation sites (tertiary alicyclic amines) is 1. The van der Waals surface area contributed by atoms with Gasteiger partial charge in [-0.2, -0.15) is 0 Å². The van der Waals surface area contributed by atoms with Crippen molar-refractivity contribution in [3.63, 3.8) is 0 Å². The van der Waals surface area contributed by atoms with E-state index < -0.39 is 31.9 Å². The van der Waals surface area contributed by atoms with Gasteiger partial charge in [0.1, 0.15) is 17.1 Å². The Hall–Kier alpha value is -4.02. The van der Waals surface area contributed by atoms with Crippen molar-refractivity contribution in [2.75, 3.05) is 12.7 Å². The molecule has 2 unspecified atom stereocenters. The number of carbonyl (C=O) groups is 2. The molecule has 1 aliphatic carbocycles. The molecule has 0 aromatic heterocycles. The number of carboxylic acid groups (broad SMARTS) is 1. The number of aromatic carboxylic acids is 1. The van der Waals surface area contributed by atoms with Gasteiger partial charge in [-0.05, 0) is 54.7 Å². The van der Waals surface area contributed by atoms with Gasteiger partial charge >= 0.3 is 13.6 Å². The van der Waals surface area contributed by atoms with Gasteiger partial charge in [0.25, 0.3) is 0 Å². The van der Waals surface area contributed by atoms with Crippen molar-refractivity contribution in [1.29, 1.82) is 0 Å². The van der Waals surface area contributed by atoms with Crippen molar-refractivity contribution in [3.8, 4) is 28.2 Å². The van der Waals surface area contributed by atoms with Gasteiger partial charge in [0, 0.05) is 47.7 Å². The fourth-order valence-corrected chi connectivity index (χ4v) is 6.14. The number of hydrogen-bond donors (Lipinski definition) is 5. The van der Waals surface area contributed by atoms with Crippen LogP contribution in [0.25, 0.3) is 33.4 Å². The van der Waals surface area contributed by atoms with Crippen LogP contribution in [0.4, 0.5) is 0 Å². The first-order valence-electron chi connectivity index (χ1n) is 13.0. The minimum atomic E-state index is -4.26. The van der Waals surface area contributed by atoms with E-state index >= 15 is 0 Å². The minimum Gasteiger partial charge on any atom is -0.508 e. The summed E-state index contributed by atoms with van der Waals surface area (Å²) < 4.78 is 17.3. The van der Waals surface area contributed by atoms with Crippen LogP contribution in [0.5, 0.6) is 5.75 Å². The number of phenols is 1. The molecule has 0 bridgehead atoms. The molecule has 11 nitrogen and oxygen atoms in total. The number of phenolic OH excluding ortho intramolecular Hbond substituents is 1. The molecule has 1 amide bonds. The number of hydrogen-bond acceptors (Lipinski definition) is 7. The monoisotopic (exact) mass is 581 g/mol. The summed E-state index contributed by atoms with van der Waals surface area (Å²) in [5, 5.41) is 31.3. The van der Waals surface area contributed by atoms with Crippen LogP contribution in [0.2, 0.25) is 0 Å². The highest BCUT2D eigenvalue weighted by Crippen LogP contribution is 2.43. The van der Waals surface area contributed by atoms with Crippen LogP contribution in [0.1, 0.15) is 35.2 Å². The second kappa shape index (κ2) is 11.1. The van der Waals surface area contributed by atoms with Crippen LogP contribution >= 0.6 is 7.60 Å². The lowest BCUT2D eigenvalue weighted by Gasteiger charge is -2.25. The van der Waals surface area contributed by atoms with E-state index in [2.05, 4.69) is 0 Å². The number of carbonyl (C=O) groups excluding carboxylic acids is 1. The number of benzene rings is 3. The van der Waals surface area contributed by atoms with E-state index in [9.17, 15) is 44.1 Å². The fourth-order valence-electron chi connectivity index (χ4n) is 5.50. The maximum Gasteiger partial charge on any atom is 0.336 e. The predicted octanol–water partition coefficient (Wildman–Crippen LogP) is 3.43. The molecule has 2 heterocycles. The van der Waals surface area contributed by atoms with Crippen molar-refractivity contribution in [3.05, 3.63) is 75.9 Å². The lowest BCUT2D eigenvalue weighted by atomic mass is 9.90. The Morgan fingerprint density at radius 1 is 1.05 bits per heavy atom. The first-order valence-corrected chi connectivity index (χ1v) is 14.8. The number of β-amino-alcohol motifs (C(OH)–C–C–N with tert-alkyl or cyclic N) is 1. The van der Waals surface area contributed by atoms with Crippen molar-refractivity contribution in [2.45, 2.75) is 37.8 Å².